The molecule has 9 unspecified atom stereocenters. The predicted octanol–water partition coefficient (Wildman–Crippen LogP) is 8.85. The minimum absolute atomic E-state index is 0.00327. The number of nitro benzene ring substituents is 1. The normalized spacial score (nSPS) is 31.3. The quantitative estimate of drug-likeness (QED) is 0.0960. The van der Waals surface area contributed by atoms with Crippen LogP contribution in [0.1, 0.15) is 125 Å². The van der Waals surface area contributed by atoms with E-state index in [2.05, 4.69) is 54.9 Å². The first kappa shape index (κ1) is 42.6. The van der Waals surface area contributed by atoms with Gasteiger partial charge in [-0.1, -0.05) is 60.3 Å². The van der Waals surface area contributed by atoms with Crippen LogP contribution in [0.25, 0.3) is 11.0 Å². The average Bonchev–Trinajstić information content (AvgIpc) is 3.72. The van der Waals surface area contributed by atoms with Gasteiger partial charge in [0, 0.05) is 13.0 Å². The number of nitrogens with one attached hydrogen (secondary N) is 1. The summed E-state index contributed by atoms with van der Waals surface area (Å²) in [5, 5.41) is 35.8. The fourth-order valence-electron chi connectivity index (χ4n) is 9.93. The van der Waals surface area contributed by atoms with Crippen LogP contribution in [0.4, 0.5) is 15.8 Å². The van der Waals surface area contributed by atoms with Crippen LogP contribution < -0.4 is 5.32 Å². The van der Waals surface area contributed by atoms with E-state index in [0.717, 1.165) is 38.0 Å². The molecule has 4 aliphatic carbocycles. The summed E-state index contributed by atoms with van der Waals surface area (Å²) in [4.78, 5) is 40.8. The molecule has 52 heavy (non-hydrogen) atoms. The van der Waals surface area contributed by atoms with Crippen molar-refractivity contribution < 1.29 is 43.3 Å². The Morgan fingerprint density at radius 1 is 1.00 bits per heavy atom. The number of carbonyl (C=O) groups excluding carboxylic acids is 1. The zero-order valence-electron chi connectivity index (χ0n) is 31.6. The second-order valence-corrected chi connectivity index (χ2v) is 15.4. The van der Waals surface area contributed by atoms with Crippen molar-refractivity contribution in [2.45, 2.75) is 137 Å². The van der Waals surface area contributed by atoms with Crippen molar-refractivity contribution in [1.29, 1.82) is 0 Å². The molecule has 0 aliphatic heterocycles. The number of hydrogen-bond donors (Lipinski definition) is 3. The van der Waals surface area contributed by atoms with Gasteiger partial charge >= 0.3 is 11.7 Å². The summed E-state index contributed by atoms with van der Waals surface area (Å²) < 4.78 is 26.5. The van der Waals surface area contributed by atoms with Crippen LogP contribution in [0.2, 0.25) is 0 Å². The Balaban J connectivity index is 0.000000587. The number of carboxylic acids is 1. The first-order valence-corrected chi connectivity index (χ1v) is 19.0. The van der Waals surface area contributed by atoms with E-state index >= 15 is 4.39 Å². The molecule has 4 saturated carbocycles. The maximum atomic E-state index is 16.2. The number of halogens is 1. The van der Waals surface area contributed by atoms with E-state index in [1.54, 1.807) is 0 Å². The summed E-state index contributed by atoms with van der Waals surface area (Å²) in [6, 6.07) is 2.73. The fourth-order valence-corrected chi connectivity index (χ4v) is 9.93. The van der Waals surface area contributed by atoms with Crippen LogP contribution in [-0.2, 0) is 19.1 Å². The number of carboxylic acid groups (broad SMARTS) is 2. The highest BCUT2D eigenvalue weighted by Gasteiger charge is 2.62. The molecule has 0 radical (unpaired) electrons. The lowest BCUT2D eigenvalue weighted by Crippen LogP contribution is -2.57. The van der Waals surface area contributed by atoms with E-state index in [1.165, 1.54) is 69.9 Å². The molecule has 1 aromatic heterocycles. The summed E-state index contributed by atoms with van der Waals surface area (Å²) in [5.74, 6) is 1.39. The van der Waals surface area contributed by atoms with E-state index in [9.17, 15) is 14.9 Å². The molecular weight excluding hydrogens is 675 g/mol. The van der Waals surface area contributed by atoms with Gasteiger partial charge in [-0.15, -0.1) is 0 Å². The fraction of sp³-hybridized carbons (Fsp3) is 0.763. The molecule has 0 spiro atoms. The Labute approximate surface area is 305 Å². The first-order chi connectivity index (χ1) is 24.7. The van der Waals surface area contributed by atoms with Crippen molar-refractivity contribution in [3.05, 3.63) is 22.2 Å². The molecule has 6 rings (SSSR count). The number of alkyl halides is 1. The van der Waals surface area contributed by atoms with Gasteiger partial charge in [-0.2, -0.15) is 0 Å². The van der Waals surface area contributed by atoms with Gasteiger partial charge in [-0.05, 0) is 115 Å². The smallest absolute Gasteiger partial charge is 0.325 e. The summed E-state index contributed by atoms with van der Waals surface area (Å²) in [6.45, 7) is 12.2. The van der Waals surface area contributed by atoms with E-state index in [1.807, 2.05) is 0 Å². The third-order valence-electron chi connectivity index (χ3n) is 12.5. The maximum absolute atomic E-state index is 16.2. The molecule has 14 heteroatoms. The Bertz CT molecular complexity index is 1480. The van der Waals surface area contributed by atoms with Gasteiger partial charge in [-0.25, -0.2) is 9.02 Å². The number of carbonyl (C=O) groups is 3. The van der Waals surface area contributed by atoms with Gasteiger partial charge in [0.2, 0.25) is 5.52 Å². The number of rotatable bonds is 9. The highest BCUT2D eigenvalue weighted by molar-refractivity contribution is 5.94. The zero-order chi connectivity index (χ0) is 38.6. The summed E-state index contributed by atoms with van der Waals surface area (Å²) in [6.07, 6.45) is 13.3. The van der Waals surface area contributed by atoms with Crippen molar-refractivity contribution in [2.24, 2.45) is 40.4 Å². The number of esters is 1. The molecule has 1 aromatic carbocycles. The number of fused-ring (bicyclic) bond motifs is 6. The number of hydrogen-bond acceptors (Lipinski definition) is 10. The predicted molar refractivity (Wildman–Crippen MR) is 194 cm³/mol. The lowest BCUT2D eigenvalue weighted by molar-refractivity contribution is -0.383. The minimum atomic E-state index is -1.17. The number of unbranched alkanes of at least 4 members (excludes halogenated alkanes) is 2. The van der Waals surface area contributed by atoms with Crippen LogP contribution in [0.15, 0.2) is 16.8 Å². The van der Waals surface area contributed by atoms with E-state index < -0.39 is 29.1 Å². The Morgan fingerprint density at radius 2 is 1.60 bits per heavy atom. The molecule has 4 aliphatic rings. The highest BCUT2D eigenvalue weighted by Crippen LogP contribution is 2.68. The average molecular weight is 735 g/mol. The molecule has 0 amide bonds. The number of nitro groups is 1. The van der Waals surface area contributed by atoms with Crippen molar-refractivity contribution in [3.63, 3.8) is 0 Å². The second kappa shape index (κ2) is 19.3. The van der Waals surface area contributed by atoms with Crippen LogP contribution in [0.5, 0.6) is 0 Å². The van der Waals surface area contributed by atoms with Crippen LogP contribution >= 0.6 is 0 Å². The Morgan fingerprint density at radius 3 is 2.21 bits per heavy atom. The van der Waals surface area contributed by atoms with Gasteiger partial charge in [0.15, 0.2) is 5.52 Å². The number of ether oxygens (including phenoxy) is 1. The third kappa shape index (κ3) is 9.57. The van der Waals surface area contributed by atoms with Crippen LogP contribution in [0.3, 0.4) is 0 Å². The molecule has 1 heterocycles. The van der Waals surface area contributed by atoms with Crippen molar-refractivity contribution in [2.75, 3.05) is 11.9 Å². The summed E-state index contributed by atoms with van der Waals surface area (Å²) in [7, 11) is 0. The number of aromatic nitrogens is 2. The first-order valence-electron chi connectivity index (χ1n) is 19.0. The lowest BCUT2D eigenvalue weighted by atomic mass is 9.44. The van der Waals surface area contributed by atoms with E-state index in [-0.39, 0.29) is 41.1 Å². The second-order valence-electron chi connectivity index (χ2n) is 15.4. The van der Waals surface area contributed by atoms with Gasteiger partial charge < -0.3 is 20.3 Å². The zero-order valence-corrected chi connectivity index (χ0v) is 31.6. The van der Waals surface area contributed by atoms with Gasteiger partial charge in [0.25, 0.3) is 12.4 Å². The van der Waals surface area contributed by atoms with Gasteiger partial charge in [-0.3, -0.25) is 24.5 Å². The number of aliphatic carboxylic acids is 1. The standard InChI is InChI=1S/C31H43FN4O5.C4H10.C2H4O2.CH2O2/c1-4-5-6-18-7-9-20-19-8-10-22-27(32)25(14-16-31(22,3)21(19)13-15-30(18,20)2)40-26(37)17-33-23-11-12-24(36(38)39)29-28(23)34-41-35-29;1-3-4-2;1-2(3)4;2-1-3/h11-12,18-22,25,27,33H,4-10,13-17H2,1-3H3;3-4H2,1-2H3;1H3,(H,3,4);1H,(H,2,3). The van der Waals surface area contributed by atoms with Crippen LogP contribution in [0, 0.1) is 50.5 Å². The number of anilines is 1. The Hall–Kier alpha value is -3.84. The van der Waals surface area contributed by atoms with E-state index in [0.29, 0.717) is 29.4 Å². The number of benzene rings is 1. The van der Waals surface area contributed by atoms with Crippen molar-refractivity contribution in [1.82, 2.24) is 10.3 Å². The summed E-state index contributed by atoms with van der Waals surface area (Å²) in [5.41, 5.74) is 0.687. The summed E-state index contributed by atoms with van der Waals surface area (Å²) >= 11 is 0. The molecule has 3 N–H and O–H groups in total. The largest absolute Gasteiger partial charge is 0.483 e. The minimum Gasteiger partial charge on any atom is -0.483 e. The molecular formula is C38H59FN4O9. The maximum Gasteiger partial charge on any atom is 0.325 e. The van der Waals surface area contributed by atoms with Crippen molar-refractivity contribution >= 4 is 40.8 Å². The molecule has 9 atom stereocenters. The van der Waals surface area contributed by atoms with Crippen molar-refractivity contribution in [3.8, 4) is 0 Å². The number of non-ortho nitro benzene ring substituents is 1. The topological polar surface area (TPSA) is 195 Å². The van der Waals surface area contributed by atoms with Gasteiger partial charge in [0.05, 0.1) is 10.6 Å². The number of nitrogens with zero attached hydrogens (tertiary/aromatic N) is 3. The monoisotopic (exact) mass is 734 g/mol. The van der Waals surface area contributed by atoms with E-state index in [4.69, 9.17) is 24.5 Å². The molecule has 13 nitrogen and oxygen atoms in total. The Kier molecular flexibility index (Phi) is 15.8. The highest BCUT2D eigenvalue weighted by atomic mass is 19.1. The molecule has 0 bridgehead atoms. The SMILES string of the molecule is CC(=O)O.CCCC.CCCCC1CCC2C3CCC4C(F)C(OC(=O)CNc5ccc([N+](=O)[O-])c6nonc56)CCC4(C)C3CCC12C.O=CO. The van der Waals surface area contributed by atoms with Gasteiger partial charge in [0.1, 0.15) is 18.8 Å². The molecule has 0 saturated heterocycles. The lowest BCUT2D eigenvalue weighted by Gasteiger charge is -2.61. The van der Waals surface area contributed by atoms with Crippen LogP contribution in [-0.4, -0.2) is 62.7 Å². The molecule has 4 fully saturated rings. The molecule has 292 valence electrons. The molecule has 2 aromatic rings. The third-order valence-corrected chi connectivity index (χ3v) is 12.5.